The average Bonchev–Trinajstić information content (AvgIpc) is 3.70. The van der Waals surface area contributed by atoms with E-state index in [2.05, 4.69) is 20.8 Å². The minimum Gasteiger partial charge on any atom is -0.366 e. The zero-order valence-electron chi connectivity index (χ0n) is 22.3. The van der Waals surface area contributed by atoms with E-state index in [9.17, 15) is 18.0 Å². The highest BCUT2D eigenvalue weighted by molar-refractivity contribution is 7.91. The number of nitrogens with zero attached hydrogens (tertiary/aromatic N) is 2. The largest absolute Gasteiger partial charge is 0.366 e. The fourth-order valence-corrected chi connectivity index (χ4v) is 5.74. The smallest absolute Gasteiger partial charge is 0.325 e. The first kappa shape index (κ1) is 27.4. The van der Waals surface area contributed by atoms with Crippen LogP contribution in [0, 0.1) is 6.92 Å². The monoisotopic (exact) mass is 533 g/mol. The molecular weight excluding hydrogens is 498 g/mol. The maximum absolute atomic E-state index is 14.1. The van der Waals surface area contributed by atoms with E-state index in [-0.39, 0.29) is 27.6 Å². The van der Waals surface area contributed by atoms with Crippen molar-refractivity contribution in [3.05, 3.63) is 95.1 Å². The second-order valence-corrected chi connectivity index (χ2v) is 12.9. The Morgan fingerprint density at radius 3 is 2.18 bits per heavy atom. The van der Waals surface area contributed by atoms with Gasteiger partial charge in [0.1, 0.15) is 5.88 Å². The number of benzene rings is 3. The molecule has 0 bridgehead atoms. The molecule has 3 amide bonds. The molecule has 0 heterocycles. The Balaban J connectivity index is 1.74. The molecule has 7 nitrogen and oxygen atoms in total. The van der Waals surface area contributed by atoms with Crippen molar-refractivity contribution in [2.45, 2.75) is 63.4 Å². The maximum atomic E-state index is 14.1. The van der Waals surface area contributed by atoms with Crippen LogP contribution in [0.3, 0.4) is 0 Å². The van der Waals surface area contributed by atoms with Crippen molar-refractivity contribution in [3.63, 3.8) is 0 Å². The number of hydrogen-bond donors (Lipinski definition) is 1. The number of amides is 3. The van der Waals surface area contributed by atoms with Gasteiger partial charge in [0.15, 0.2) is 9.84 Å². The summed E-state index contributed by atoms with van der Waals surface area (Å²) in [5, 5.41) is 0. The molecule has 0 spiro atoms. The highest BCUT2D eigenvalue weighted by atomic mass is 32.2. The van der Waals surface area contributed by atoms with Gasteiger partial charge >= 0.3 is 6.03 Å². The van der Waals surface area contributed by atoms with Crippen LogP contribution < -0.4 is 10.6 Å². The molecule has 4 rings (SSSR count). The zero-order valence-corrected chi connectivity index (χ0v) is 23.2. The zero-order chi connectivity index (χ0) is 27.7. The van der Waals surface area contributed by atoms with Crippen LogP contribution in [0.2, 0.25) is 0 Å². The molecule has 0 unspecified atom stereocenters. The van der Waals surface area contributed by atoms with E-state index in [1.165, 1.54) is 11.0 Å². The second-order valence-electron chi connectivity index (χ2n) is 11.0. The van der Waals surface area contributed by atoms with Gasteiger partial charge in [0.05, 0.1) is 16.1 Å². The van der Waals surface area contributed by atoms with Crippen LogP contribution in [0.25, 0.3) is 0 Å². The highest BCUT2D eigenvalue weighted by Crippen LogP contribution is 2.33. The first-order valence-electron chi connectivity index (χ1n) is 12.7. The lowest BCUT2D eigenvalue weighted by Crippen LogP contribution is -2.47. The van der Waals surface area contributed by atoms with Crippen LogP contribution >= 0.6 is 0 Å². The summed E-state index contributed by atoms with van der Waals surface area (Å²) in [5.41, 5.74) is 8.79. The third kappa shape index (κ3) is 6.25. The van der Waals surface area contributed by atoms with Crippen molar-refractivity contribution in [1.29, 1.82) is 0 Å². The summed E-state index contributed by atoms with van der Waals surface area (Å²) in [6, 6.07) is 20.5. The lowest BCUT2D eigenvalue weighted by Gasteiger charge is -2.32. The number of hydrogen-bond acceptors (Lipinski definition) is 4. The van der Waals surface area contributed by atoms with Gasteiger partial charge in [0, 0.05) is 12.6 Å². The fraction of sp³-hybridized carbons (Fsp3) is 0.333. The van der Waals surface area contributed by atoms with Crippen LogP contribution in [0.1, 0.15) is 60.7 Å². The molecule has 200 valence electrons. The summed E-state index contributed by atoms with van der Waals surface area (Å²) in [7, 11) is -3.95. The number of carbonyl (C=O) groups is 2. The molecule has 0 aliphatic heterocycles. The van der Waals surface area contributed by atoms with Gasteiger partial charge in [-0.05, 0) is 60.6 Å². The lowest BCUT2D eigenvalue weighted by atomic mass is 9.87. The van der Waals surface area contributed by atoms with Gasteiger partial charge in [0.2, 0.25) is 0 Å². The molecular formula is C30H35N3O4S. The topological polar surface area (TPSA) is 101 Å². The summed E-state index contributed by atoms with van der Waals surface area (Å²) in [4.78, 5) is 29.4. The fourth-order valence-electron chi connectivity index (χ4n) is 4.45. The van der Waals surface area contributed by atoms with Gasteiger partial charge in [0.25, 0.3) is 5.91 Å². The Morgan fingerprint density at radius 1 is 0.947 bits per heavy atom. The molecule has 38 heavy (non-hydrogen) atoms. The molecule has 3 aromatic carbocycles. The summed E-state index contributed by atoms with van der Waals surface area (Å²) < 4.78 is 27.3. The number of aryl methyl sites for hydroxylation is 1. The molecule has 0 aromatic heterocycles. The summed E-state index contributed by atoms with van der Waals surface area (Å²) in [6.07, 6.45) is 1.67. The van der Waals surface area contributed by atoms with E-state index in [0.29, 0.717) is 6.54 Å². The number of para-hydroxylation sites is 1. The van der Waals surface area contributed by atoms with Crippen molar-refractivity contribution >= 4 is 27.5 Å². The molecule has 1 aliphatic rings. The number of carbonyl (C=O) groups excluding carboxylic acids is 2. The standard InChI is InChI=1S/C30H35N3O4S/c1-21-8-7-9-22(18-21)19-32(24-14-15-24)29(35)33(27-11-6-5-10-26(27)28(31)34)20-38(36,37)25-16-12-23(13-17-25)30(2,3)4/h5-13,16-18,24H,14-15,19-20H2,1-4H3,(H2,31,34). The SMILES string of the molecule is Cc1cccc(CN(C(=O)N(CS(=O)(=O)c2ccc(C(C)(C)C)cc2)c2ccccc2C(N)=O)C2CC2)c1. The van der Waals surface area contributed by atoms with Gasteiger partial charge in [-0.15, -0.1) is 0 Å². The van der Waals surface area contributed by atoms with Crippen molar-refractivity contribution < 1.29 is 18.0 Å². The molecule has 1 aliphatic carbocycles. The Kier molecular flexibility index (Phi) is 7.65. The minimum absolute atomic E-state index is 0.0000238. The maximum Gasteiger partial charge on any atom is 0.325 e. The molecule has 0 radical (unpaired) electrons. The Hall–Kier alpha value is -3.65. The number of primary amides is 1. The molecule has 8 heteroatoms. The first-order valence-corrected chi connectivity index (χ1v) is 14.4. The van der Waals surface area contributed by atoms with Crippen LogP contribution in [-0.2, 0) is 21.8 Å². The average molecular weight is 534 g/mol. The van der Waals surface area contributed by atoms with Crippen LogP contribution in [0.5, 0.6) is 0 Å². The first-order chi connectivity index (χ1) is 17.9. The van der Waals surface area contributed by atoms with E-state index < -0.39 is 27.7 Å². The van der Waals surface area contributed by atoms with E-state index in [1.807, 2.05) is 31.2 Å². The number of sulfone groups is 1. The van der Waals surface area contributed by atoms with Gasteiger partial charge < -0.3 is 10.6 Å². The van der Waals surface area contributed by atoms with Crippen molar-refractivity contribution in [2.24, 2.45) is 5.73 Å². The normalized spacial score (nSPS) is 13.7. The number of urea groups is 1. The van der Waals surface area contributed by atoms with Gasteiger partial charge in [-0.3, -0.25) is 9.69 Å². The minimum atomic E-state index is -3.95. The third-order valence-electron chi connectivity index (χ3n) is 6.74. The van der Waals surface area contributed by atoms with Crippen molar-refractivity contribution in [1.82, 2.24) is 4.90 Å². The van der Waals surface area contributed by atoms with Gasteiger partial charge in [-0.1, -0.05) is 74.9 Å². The van der Waals surface area contributed by atoms with Gasteiger partial charge in [-0.25, -0.2) is 13.2 Å². The van der Waals surface area contributed by atoms with E-state index >= 15 is 0 Å². The van der Waals surface area contributed by atoms with Crippen molar-refractivity contribution in [3.8, 4) is 0 Å². The molecule has 3 aromatic rings. The molecule has 1 saturated carbocycles. The van der Waals surface area contributed by atoms with E-state index in [1.54, 1.807) is 47.4 Å². The molecule has 0 saturated heterocycles. The lowest BCUT2D eigenvalue weighted by molar-refractivity contribution is 0.100. The second kappa shape index (κ2) is 10.6. The van der Waals surface area contributed by atoms with Gasteiger partial charge in [-0.2, -0.15) is 0 Å². The predicted molar refractivity (Wildman–Crippen MR) is 150 cm³/mol. The number of anilines is 1. The third-order valence-corrected chi connectivity index (χ3v) is 8.33. The van der Waals surface area contributed by atoms with Crippen LogP contribution in [-0.4, -0.2) is 37.2 Å². The highest BCUT2D eigenvalue weighted by Gasteiger charge is 2.38. The quantitative estimate of drug-likeness (QED) is 0.418. The Labute approximate surface area is 225 Å². The van der Waals surface area contributed by atoms with E-state index in [4.69, 9.17) is 5.73 Å². The summed E-state index contributed by atoms with van der Waals surface area (Å²) >= 11 is 0. The van der Waals surface area contributed by atoms with Crippen LogP contribution in [0.15, 0.2) is 77.7 Å². The van der Waals surface area contributed by atoms with E-state index in [0.717, 1.165) is 29.5 Å². The molecule has 0 atom stereocenters. The molecule has 1 fully saturated rings. The predicted octanol–water partition coefficient (Wildman–Crippen LogP) is 5.41. The Bertz CT molecular complexity index is 1440. The van der Waals surface area contributed by atoms with Crippen LogP contribution in [0.4, 0.5) is 10.5 Å². The number of rotatable bonds is 8. The number of nitrogens with two attached hydrogens (primary N) is 1. The molecule has 2 N–H and O–H groups in total. The summed E-state index contributed by atoms with van der Waals surface area (Å²) in [5.74, 6) is -1.36. The Morgan fingerprint density at radius 2 is 1.61 bits per heavy atom. The summed E-state index contributed by atoms with van der Waals surface area (Å²) in [6.45, 7) is 8.48. The van der Waals surface area contributed by atoms with Crippen molar-refractivity contribution in [2.75, 3.05) is 10.8 Å².